The molecule has 0 aliphatic carbocycles. The Morgan fingerprint density at radius 1 is 1.35 bits per heavy atom. The summed E-state index contributed by atoms with van der Waals surface area (Å²) < 4.78 is 43.8. The maximum absolute atomic E-state index is 12.9. The van der Waals surface area contributed by atoms with Crippen molar-refractivity contribution >= 4 is 28.1 Å². The Hall–Kier alpha value is -1.54. The van der Waals surface area contributed by atoms with Crippen LogP contribution in [0.5, 0.6) is 10.8 Å². The number of rotatable bonds is 6. The van der Waals surface area contributed by atoms with Gasteiger partial charge in [-0.25, -0.2) is 0 Å². The zero-order valence-corrected chi connectivity index (χ0v) is 14.2. The van der Waals surface area contributed by atoms with Crippen LogP contribution < -0.4 is 10.1 Å². The fourth-order valence-electron chi connectivity index (χ4n) is 2.00. The maximum Gasteiger partial charge on any atom is 0.416 e. The minimum Gasteiger partial charge on any atom is -0.503 e. The number of ether oxygens (including phenoxy) is 1. The van der Waals surface area contributed by atoms with Crippen LogP contribution in [0.15, 0.2) is 24.3 Å². The number of anilines is 1. The molecular formula is C15H16F3NO2S2. The number of thioether (sulfide) groups is 1. The third-order valence-corrected chi connectivity index (χ3v) is 4.91. The van der Waals surface area contributed by atoms with Gasteiger partial charge in [-0.2, -0.15) is 13.2 Å². The summed E-state index contributed by atoms with van der Waals surface area (Å²) in [6.45, 7) is 2.01. The summed E-state index contributed by atoms with van der Waals surface area (Å²) >= 11 is 2.80. The molecule has 1 heterocycles. The first kappa shape index (κ1) is 17.8. The van der Waals surface area contributed by atoms with E-state index >= 15 is 0 Å². The first-order chi connectivity index (χ1) is 10.9. The fraction of sp³-hybridized carbons (Fsp3) is 0.333. The molecule has 0 bridgehead atoms. The van der Waals surface area contributed by atoms with E-state index in [4.69, 9.17) is 4.74 Å². The highest BCUT2D eigenvalue weighted by molar-refractivity contribution is 7.99. The highest BCUT2D eigenvalue weighted by atomic mass is 32.2. The minimum atomic E-state index is -4.43. The summed E-state index contributed by atoms with van der Waals surface area (Å²) in [7, 11) is 1.41. The fourth-order valence-corrected chi connectivity index (χ4v) is 3.47. The van der Waals surface area contributed by atoms with Crippen LogP contribution in [0.3, 0.4) is 0 Å². The lowest BCUT2D eigenvalue weighted by molar-refractivity contribution is -0.137. The van der Waals surface area contributed by atoms with E-state index in [1.54, 1.807) is 11.8 Å². The SMILES string of the molecule is CCSCNc1sc(OC)c(O)c1-c1cccc(C(F)(F)F)c1. The monoisotopic (exact) mass is 363 g/mol. The summed E-state index contributed by atoms with van der Waals surface area (Å²) in [5.74, 6) is 1.34. The molecule has 0 aliphatic heterocycles. The van der Waals surface area contributed by atoms with E-state index in [-0.39, 0.29) is 10.8 Å². The number of alkyl halides is 3. The molecule has 126 valence electrons. The third-order valence-electron chi connectivity index (χ3n) is 3.05. The highest BCUT2D eigenvalue weighted by Gasteiger charge is 2.31. The number of nitrogens with one attached hydrogen (secondary N) is 1. The molecule has 1 aromatic heterocycles. The van der Waals surface area contributed by atoms with Crippen LogP contribution >= 0.6 is 23.1 Å². The standard InChI is InChI=1S/C15H16F3NO2S2/c1-3-22-8-19-13-11(12(20)14(21-2)23-13)9-5-4-6-10(7-9)15(16,17)18/h4-7,19-20H,3,8H2,1-2H3. The van der Waals surface area contributed by atoms with Gasteiger partial charge in [0.25, 0.3) is 0 Å². The Kier molecular flexibility index (Phi) is 5.69. The predicted octanol–water partition coefficient (Wildman–Crippen LogP) is 5.27. The number of methoxy groups -OCH3 is 1. The van der Waals surface area contributed by atoms with E-state index in [9.17, 15) is 18.3 Å². The van der Waals surface area contributed by atoms with E-state index in [0.717, 1.165) is 17.9 Å². The van der Waals surface area contributed by atoms with Crippen LogP contribution in [0.1, 0.15) is 12.5 Å². The van der Waals surface area contributed by atoms with Crippen molar-refractivity contribution in [2.24, 2.45) is 0 Å². The number of aromatic hydroxyl groups is 1. The number of halogens is 3. The average molecular weight is 363 g/mol. The maximum atomic E-state index is 12.9. The number of hydrogen-bond acceptors (Lipinski definition) is 5. The van der Waals surface area contributed by atoms with Crippen LogP contribution in [-0.2, 0) is 6.18 Å². The summed E-state index contributed by atoms with van der Waals surface area (Å²) in [5.41, 5.74) is -0.135. The molecule has 0 saturated carbocycles. The Morgan fingerprint density at radius 3 is 2.70 bits per heavy atom. The molecule has 0 radical (unpaired) electrons. The predicted molar refractivity (Wildman–Crippen MR) is 89.6 cm³/mol. The first-order valence-corrected chi connectivity index (χ1v) is 8.74. The summed E-state index contributed by atoms with van der Waals surface area (Å²) in [5, 5.41) is 14.2. The van der Waals surface area contributed by atoms with Gasteiger partial charge < -0.3 is 15.2 Å². The number of benzene rings is 1. The van der Waals surface area contributed by atoms with Crippen molar-refractivity contribution in [1.29, 1.82) is 0 Å². The van der Waals surface area contributed by atoms with Gasteiger partial charge in [0, 0.05) is 0 Å². The molecule has 0 aliphatic rings. The third kappa shape index (κ3) is 4.06. The van der Waals surface area contributed by atoms with Crippen molar-refractivity contribution in [3.8, 4) is 21.9 Å². The van der Waals surface area contributed by atoms with Gasteiger partial charge in [-0.1, -0.05) is 30.4 Å². The van der Waals surface area contributed by atoms with Crippen LogP contribution in [0.4, 0.5) is 18.2 Å². The number of thiophene rings is 1. The first-order valence-electron chi connectivity index (χ1n) is 6.77. The Morgan fingerprint density at radius 2 is 2.09 bits per heavy atom. The second-order valence-electron chi connectivity index (χ2n) is 4.54. The van der Waals surface area contributed by atoms with Gasteiger partial charge in [-0.3, -0.25) is 0 Å². The Balaban J connectivity index is 2.47. The molecule has 0 unspecified atom stereocenters. The van der Waals surface area contributed by atoms with E-state index in [1.807, 2.05) is 6.92 Å². The van der Waals surface area contributed by atoms with Crippen LogP contribution in [-0.4, -0.2) is 23.8 Å². The molecule has 2 N–H and O–H groups in total. The lowest BCUT2D eigenvalue weighted by atomic mass is 10.0. The van der Waals surface area contributed by atoms with Crippen molar-refractivity contribution < 1.29 is 23.0 Å². The molecule has 0 amide bonds. The molecule has 0 saturated heterocycles. The molecule has 2 aromatic rings. The van der Waals surface area contributed by atoms with Crippen molar-refractivity contribution in [3.05, 3.63) is 29.8 Å². The molecule has 8 heteroatoms. The minimum absolute atomic E-state index is 0.152. The lowest BCUT2D eigenvalue weighted by Crippen LogP contribution is -2.04. The molecule has 3 nitrogen and oxygen atoms in total. The molecule has 2 rings (SSSR count). The van der Waals surface area contributed by atoms with Gasteiger partial charge in [-0.15, -0.1) is 11.8 Å². The van der Waals surface area contributed by atoms with E-state index < -0.39 is 11.7 Å². The summed E-state index contributed by atoms with van der Waals surface area (Å²) in [6, 6.07) is 4.89. The topological polar surface area (TPSA) is 41.5 Å². The smallest absolute Gasteiger partial charge is 0.416 e. The molecule has 23 heavy (non-hydrogen) atoms. The van der Waals surface area contributed by atoms with Gasteiger partial charge in [0.1, 0.15) is 5.00 Å². The average Bonchev–Trinajstić information content (AvgIpc) is 2.83. The zero-order chi connectivity index (χ0) is 17.0. The van der Waals surface area contributed by atoms with Gasteiger partial charge in [0.05, 0.1) is 24.1 Å². The second-order valence-corrected chi connectivity index (χ2v) is 6.80. The molecule has 0 fully saturated rings. The van der Waals surface area contributed by atoms with Gasteiger partial charge in [-0.05, 0) is 23.4 Å². The largest absolute Gasteiger partial charge is 0.503 e. The van der Waals surface area contributed by atoms with Crippen molar-refractivity contribution in [1.82, 2.24) is 0 Å². The Bertz CT molecular complexity index is 671. The molecule has 1 aromatic carbocycles. The quantitative estimate of drug-likeness (QED) is 0.542. The van der Waals surface area contributed by atoms with E-state index in [2.05, 4.69) is 5.32 Å². The van der Waals surface area contributed by atoms with Crippen molar-refractivity contribution in [3.63, 3.8) is 0 Å². The Labute approximate surface area is 140 Å². The van der Waals surface area contributed by atoms with E-state index in [0.29, 0.717) is 22.0 Å². The molecule has 0 spiro atoms. The van der Waals surface area contributed by atoms with E-state index in [1.165, 1.54) is 30.6 Å². The van der Waals surface area contributed by atoms with Gasteiger partial charge >= 0.3 is 6.18 Å². The number of hydrogen-bond donors (Lipinski definition) is 2. The summed E-state index contributed by atoms with van der Waals surface area (Å²) in [4.78, 5) is 0. The normalized spacial score (nSPS) is 11.5. The zero-order valence-electron chi connectivity index (χ0n) is 12.5. The highest BCUT2D eigenvalue weighted by Crippen LogP contribution is 2.51. The van der Waals surface area contributed by atoms with Crippen molar-refractivity contribution in [2.45, 2.75) is 13.1 Å². The molecule has 0 atom stereocenters. The summed E-state index contributed by atoms with van der Waals surface area (Å²) in [6.07, 6.45) is -4.43. The van der Waals surface area contributed by atoms with Crippen LogP contribution in [0, 0.1) is 0 Å². The van der Waals surface area contributed by atoms with Crippen LogP contribution in [0.25, 0.3) is 11.1 Å². The van der Waals surface area contributed by atoms with Gasteiger partial charge in [0.2, 0.25) is 5.06 Å². The van der Waals surface area contributed by atoms with Gasteiger partial charge in [0.15, 0.2) is 5.75 Å². The molecular weight excluding hydrogens is 347 g/mol. The second kappa shape index (κ2) is 7.35. The van der Waals surface area contributed by atoms with Crippen molar-refractivity contribution in [2.75, 3.05) is 24.1 Å². The lowest BCUT2D eigenvalue weighted by Gasteiger charge is -2.10. The van der Waals surface area contributed by atoms with Crippen LogP contribution in [0.2, 0.25) is 0 Å².